The van der Waals surface area contributed by atoms with E-state index in [0.29, 0.717) is 39.3 Å². The number of anilines is 1. The molecule has 31 heavy (non-hydrogen) atoms. The van der Waals surface area contributed by atoms with Crippen LogP contribution in [0.5, 0.6) is 0 Å². The summed E-state index contributed by atoms with van der Waals surface area (Å²) in [4.78, 5) is 13.0. The van der Waals surface area contributed by atoms with Gasteiger partial charge in [0.25, 0.3) is 10.0 Å². The van der Waals surface area contributed by atoms with Crippen molar-refractivity contribution in [1.29, 1.82) is 0 Å². The zero-order chi connectivity index (χ0) is 22.2. The third-order valence-electron chi connectivity index (χ3n) is 5.23. The molecule has 0 aromatic heterocycles. The molecule has 0 fully saturated rings. The quantitative estimate of drug-likeness (QED) is 0.396. The summed E-state index contributed by atoms with van der Waals surface area (Å²) in [6, 6.07) is 16.5. The molecule has 4 rings (SSSR count). The Morgan fingerprint density at radius 1 is 0.935 bits per heavy atom. The van der Waals surface area contributed by atoms with Gasteiger partial charge in [0.15, 0.2) is 5.78 Å². The Morgan fingerprint density at radius 3 is 2.29 bits per heavy atom. The van der Waals surface area contributed by atoms with Crippen molar-refractivity contribution in [3.63, 3.8) is 0 Å². The number of carbonyl (C=O) groups excluding carboxylic acids is 1. The number of halogens is 3. The number of Topliss-reactive ketones (excluding diaryl/α,β-unsaturated/α-hetero) is 1. The number of benzene rings is 3. The van der Waals surface area contributed by atoms with Gasteiger partial charge >= 0.3 is 0 Å². The van der Waals surface area contributed by atoms with E-state index in [4.69, 9.17) is 34.8 Å². The average Bonchev–Trinajstić information content (AvgIpc) is 2.73. The van der Waals surface area contributed by atoms with E-state index in [-0.39, 0.29) is 22.7 Å². The van der Waals surface area contributed by atoms with E-state index in [9.17, 15) is 13.2 Å². The van der Waals surface area contributed by atoms with Gasteiger partial charge in [-0.3, -0.25) is 9.10 Å². The molecule has 0 saturated heterocycles. The molecule has 0 saturated carbocycles. The Morgan fingerprint density at radius 2 is 1.61 bits per heavy atom. The molecule has 0 unspecified atom stereocenters. The number of ketones is 1. The highest BCUT2D eigenvalue weighted by atomic mass is 35.5. The van der Waals surface area contributed by atoms with Crippen LogP contribution < -0.4 is 4.31 Å². The zero-order valence-electron chi connectivity index (χ0n) is 16.3. The fraction of sp³-hybridized carbons (Fsp3) is 0.174. The summed E-state index contributed by atoms with van der Waals surface area (Å²) in [5, 5.41) is 1.06. The molecular weight excluding hydrogens is 477 g/mol. The number of hydrogen-bond donors (Lipinski definition) is 0. The Bertz CT molecular complexity index is 1240. The van der Waals surface area contributed by atoms with Crippen molar-refractivity contribution < 1.29 is 13.2 Å². The van der Waals surface area contributed by atoms with Crippen LogP contribution in [0, 0.1) is 0 Å². The number of aryl methyl sites for hydroxylation is 1. The number of nitrogens with zero attached hydrogens (tertiary/aromatic N) is 1. The molecule has 0 amide bonds. The lowest BCUT2D eigenvalue weighted by molar-refractivity contribution is 0.0993. The summed E-state index contributed by atoms with van der Waals surface area (Å²) in [7, 11) is -3.76. The third-order valence-corrected chi connectivity index (χ3v) is 7.94. The van der Waals surface area contributed by atoms with Gasteiger partial charge in [0.05, 0.1) is 26.2 Å². The van der Waals surface area contributed by atoms with Crippen LogP contribution in [0.25, 0.3) is 0 Å². The monoisotopic (exact) mass is 493 g/mol. The second-order valence-electron chi connectivity index (χ2n) is 7.29. The van der Waals surface area contributed by atoms with Gasteiger partial charge in [-0.05, 0) is 66.4 Å². The minimum atomic E-state index is -3.76. The predicted molar refractivity (Wildman–Crippen MR) is 125 cm³/mol. The fourth-order valence-corrected chi connectivity index (χ4v) is 5.99. The second-order valence-corrected chi connectivity index (χ2v) is 10.4. The molecule has 3 aromatic rings. The molecule has 0 N–H and O–H groups in total. The van der Waals surface area contributed by atoms with Gasteiger partial charge < -0.3 is 0 Å². The number of hydrogen-bond acceptors (Lipinski definition) is 3. The topological polar surface area (TPSA) is 54.5 Å². The molecule has 4 nitrogen and oxygen atoms in total. The summed E-state index contributed by atoms with van der Waals surface area (Å²) >= 11 is 18.2. The number of rotatable bonds is 5. The first-order chi connectivity index (χ1) is 14.8. The first-order valence-electron chi connectivity index (χ1n) is 9.65. The molecular formula is C23H18Cl3NO3S. The van der Waals surface area contributed by atoms with Crippen LogP contribution in [0.15, 0.2) is 65.6 Å². The Balaban J connectivity index is 1.68. The lowest BCUT2D eigenvalue weighted by Crippen LogP contribution is -2.35. The molecule has 1 aliphatic rings. The molecule has 1 aliphatic heterocycles. The van der Waals surface area contributed by atoms with Crippen LogP contribution in [0.2, 0.25) is 15.1 Å². The smallest absolute Gasteiger partial charge is 0.264 e. The van der Waals surface area contributed by atoms with Crippen LogP contribution >= 0.6 is 34.8 Å². The lowest BCUT2D eigenvalue weighted by Gasteiger charge is -2.31. The van der Waals surface area contributed by atoms with Crippen LogP contribution in [0.1, 0.15) is 27.9 Å². The largest absolute Gasteiger partial charge is 0.294 e. The molecule has 0 spiro atoms. The normalized spacial score (nSPS) is 13.7. The molecule has 0 bridgehead atoms. The van der Waals surface area contributed by atoms with Crippen LogP contribution in [-0.2, 0) is 22.9 Å². The standard InChI is InChI=1S/C23H18Cl3NO3S/c24-17-8-10-18(11-9-17)31(29,30)27-12-2-3-16-7-6-15(13-21(16)27)14-22(28)23-19(25)4-1-5-20(23)26/h1,4-11,13H,2-3,12,14H2. The second kappa shape index (κ2) is 8.83. The molecule has 3 aromatic carbocycles. The summed E-state index contributed by atoms with van der Waals surface area (Å²) in [5.74, 6) is -0.224. The average molecular weight is 495 g/mol. The molecule has 0 atom stereocenters. The Labute approximate surface area is 196 Å². The van der Waals surface area contributed by atoms with Crippen molar-refractivity contribution >= 4 is 56.3 Å². The summed E-state index contributed by atoms with van der Waals surface area (Å²) in [6.07, 6.45) is 1.55. The van der Waals surface area contributed by atoms with Crippen LogP contribution in [0.3, 0.4) is 0 Å². The Kier molecular flexibility index (Phi) is 6.31. The number of sulfonamides is 1. The van der Waals surface area contributed by atoms with E-state index in [1.54, 1.807) is 36.4 Å². The zero-order valence-corrected chi connectivity index (χ0v) is 19.4. The van der Waals surface area contributed by atoms with Crippen molar-refractivity contribution in [2.24, 2.45) is 0 Å². The number of fused-ring (bicyclic) bond motifs is 1. The summed E-state index contributed by atoms with van der Waals surface area (Å²) in [6.45, 7) is 0.367. The van der Waals surface area contributed by atoms with Gasteiger partial charge in [0.2, 0.25) is 0 Å². The van der Waals surface area contributed by atoms with Gasteiger partial charge in [0.1, 0.15) is 0 Å². The summed E-state index contributed by atoms with van der Waals surface area (Å²) < 4.78 is 28.0. The van der Waals surface area contributed by atoms with Gasteiger partial charge in [0, 0.05) is 18.0 Å². The van der Waals surface area contributed by atoms with Crippen LogP contribution in [0.4, 0.5) is 5.69 Å². The maximum Gasteiger partial charge on any atom is 0.264 e. The van der Waals surface area contributed by atoms with Crippen molar-refractivity contribution in [3.8, 4) is 0 Å². The fourth-order valence-electron chi connectivity index (χ4n) is 3.72. The highest BCUT2D eigenvalue weighted by molar-refractivity contribution is 7.92. The van der Waals surface area contributed by atoms with Gasteiger partial charge in [-0.2, -0.15) is 0 Å². The minimum Gasteiger partial charge on any atom is -0.294 e. The predicted octanol–water partition coefficient (Wildman–Crippen LogP) is 6.21. The molecule has 8 heteroatoms. The lowest BCUT2D eigenvalue weighted by atomic mass is 9.97. The van der Waals surface area contributed by atoms with Crippen molar-refractivity contribution in [2.75, 3.05) is 10.8 Å². The van der Waals surface area contributed by atoms with E-state index >= 15 is 0 Å². The highest BCUT2D eigenvalue weighted by Gasteiger charge is 2.29. The number of carbonyl (C=O) groups is 1. The molecule has 0 aliphatic carbocycles. The highest BCUT2D eigenvalue weighted by Crippen LogP contribution is 2.34. The van der Waals surface area contributed by atoms with Crippen LogP contribution in [-0.4, -0.2) is 20.7 Å². The van der Waals surface area contributed by atoms with Gasteiger partial charge in [-0.1, -0.05) is 53.0 Å². The van der Waals surface area contributed by atoms with Crippen molar-refractivity contribution in [1.82, 2.24) is 0 Å². The maximum atomic E-state index is 13.3. The minimum absolute atomic E-state index is 0.0611. The third kappa shape index (κ3) is 4.46. The van der Waals surface area contributed by atoms with E-state index in [2.05, 4.69) is 0 Å². The summed E-state index contributed by atoms with van der Waals surface area (Å²) in [5.41, 5.74) is 2.49. The molecule has 0 radical (unpaired) electrons. The molecule has 160 valence electrons. The SMILES string of the molecule is O=C(Cc1ccc2c(c1)N(S(=O)(=O)c1ccc(Cl)cc1)CCC2)c1c(Cl)cccc1Cl. The van der Waals surface area contributed by atoms with E-state index in [1.165, 1.54) is 16.4 Å². The van der Waals surface area contributed by atoms with E-state index < -0.39 is 10.0 Å². The van der Waals surface area contributed by atoms with Gasteiger partial charge in [-0.15, -0.1) is 0 Å². The van der Waals surface area contributed by atoms with E-state index in [1.807, 2.05) is 12.1 Å². The molecule has 1 heterocycles. The first-order valence-corrected chi connectivity index (χ1v) is 12.2. The van der Waals surface area contributed by atoms with Crippen molar-refractivity contribution in [3.05, 3.63) is 92.4 Å². The maximum absolute atomic E-state index is 13.3. The van der Waals surface area contributed by atoms with Crippen molar-refractivity contribution in [2.45, 2.75) is 24.2 Å². The first kappa shape index (κ1) is 22.2. The van der Waals surface area contributed by atoms with Gasteiger partial charge in [-0.25, -0.2) is 8.42 Å². The van der Waals surface area contributed by atoms with E-state index in [0.717, 1.165) is 12.0 Å². The Hall–Kier alpha value is -2.05.